The van der Waals surface area contributed by atoms with Crippen molar-refractivity contribution in [2.45, 2.75) is 6.92 Å². The molecule has 0 atom stereocenters. The van der Waals surface area contributed by atoms with Gasteiger partial charge in [-0.2, -0.15) is 5.26 Å². The minimum absolute atomic E-state index is 0.187. The lowest BCUT2D eigenvalue weighted by Gasteiger charge is -2.12. The number of aryl methyl sites for hydroxylation is 1. The van der Waals surface area contributed by atoms with Gasteiger partial charge in [0.05, 0.1) is 11.1 Å². The van der Waals surface area contributed by atoms with E-state index in [-0.39, 0.29) is 6.79 Å². The molecular formula is C19H17N3O2. The number of benzene rings is 2. The summed E-state index contributed by atoms with van der Waals surface area (Å²) < 4.78 is 10.5. The first-order valence-corrected chi connectivity index (χ1v) is 7.45. The Morgan fingerprint density at radius 3 is 2.75 bits per heavy atom. The van der Waals surface area contributed by atoms with Crippen molar-refractivity contribution < 1.29 is 9.47 Å². The Kier molecular flexibility index (Phi) is 4.32. The van der Waals surface area contributed by atoms with E-state index in [9.17, 15) is 5.26 Å². The van der Waals surface area contributed by atoms with Gasteiger partial charge in [-0.1, -0.05) is 6.07 Å². The molecule has 2 aromatic carbocycles. The highest BCUT2D eigenvalue weighted by molar-refractivity contribution is 5.90. The molecule has 3 rings (SSSR count). The lowest BCUT2D eigenvalue weighted by Crippen LogP contribution is -1.99. The van der Waals surface area contributed by atoms with Gasteiger partial charge in [0, 0.05) is 12.5 Å². The molecule has 24 heavy (non-hydrogen) atoms. The third-order valence-electron chi connectivity index (χ3n) is 3.80. The quantitative estimate of drug-likeness (QED) is 0.742. The minimum Gasteiger partial charge on any atom is -0.468 e. The Morgan fingerprint density at radius 1 is 1.17 bits per heavy atom. The number of nitrogen functional groups attached to an aromatic ring is 1. The molecule has 0 saturated heterocycles. The van der Waals surface area contributed by atoms with Gasteiger partial charge in [-0.15, -0.1) is 0 Å². The van der Waals surface area contributed by atoms with Crippen molar-refractivity contribution in [2.24, 2.45) is 0 Å². The Labute approximate surface area is 140 Å². The van der Waals surface area contributed by atoms with Crippen LogP contribution in [0.15, 0.2) is 42.5 Å². The predicted molar refractivity (Wildman–Crippen MR) is 93.5 cm³/mol. The number of nitrogens with zero attached hydrogens (tertiary/aromatic N) is 2. The van der Waals surface area contributed by atoms with E-state index < -0.39 is 0 Å². The van der Waals surface area contributed by atoms with Crippen molar-refractivity contribution in [1.29, 1.82) is 5.26 Å². The van der Waals surface area contributed by atoms with Crippen LogP contribution in [0.4, 0.5) is 5.82 Å². The molecule has 0 unspecified atom stereocenters. The number of nitrogens with two attached hydrogens (primary N) is 1. The molecule has 0 aliphatic heterocycles. The maximum absolute atomic E-state index is 9.47. The lowest BCUT2D eigenvalue weighted by molar-refractivity contribution is 0.0511. The minimum atomic E-state index is 0.187. The molecule has 120 valence electrons. The first kappa shape index (κ1) is 15.8. The van der Waals surface area contributed by atoms with E-state index in [2.05, 4.69) is 11.1 Å². The number of hydrogen-bond acceptors (Lipinski definition) is 5. The topological polar surface area (TPSA) is 81.2 Å². The van der Waals surface area contributed by atoms with E-state index in [0.29, 0.717) is 22.6 Å². The molecule has 5 nitrogen and oxygen atoms in total. The summed E-state index contributed by atoms with van der Waals surface area (Å²) in [7, 11) is 1.58. The zero-order valence-electron chi connectivity index (χ0n) is 13.5. The first-order chi connectivity index (χ1) is 11.6. The highest BCUT2D eigenvalue weighted by Gasteiger charge is 2.10. The number of ether oxygens (including phenoxy) is 2. The van der Waals surface area contributed by atoms with Crippen LogP contribution in [0.3, 0.4) is 0 Å². The summed E-state index contributed by atoms with van der Waals surface area (Å²) in [5.74, 6) is 1.12. The highest BCUT2D eigenvalue weighted by Crippen LogP contribution is 2.31. The summed E-state index contributed by atoms with van der Waals surface area (Å²) in [6.07, 6.45) is 0. The third-order valence-corrected chi connectivity index (χ3v) is 3.80. The largest absolute Gasteiger partial charge is 0.468 e. The lowest BCUT2D eigenvalue weighted by atomic mass is 9.96. The fourth-order valence-corrected chi connectivity index (χ4v) is 2.62. The van der Waals surface area contributed by atoms with Gasteiger partial charge in [-0.05, 0) is 60.0 Å². The van der Waals surface area contributed by atoms with Crippen LogP contribution in [-0.2, 0) is 4.74 Å². The molecule has 0 fully saturated rings. The summed E-state index contributed by atoms with van der Waals surface area (Å²) in [6, 6.07) is 15.5. The molecular weight excluding hydrogens is 302 g/mol. The Bertz CT molecular complexity index is 945. The SMILES string of the molecule is COCOc1ccc(C)c(-c2cc(C#N)c3nc(N)ccc3c2)c1. The van der Waals surface area contributed by atoms with E-state index in [1.54, 1.807) is 13.2 Å². The van der Waals surface area contributed by atoms with Gasteiger partial charge in [0.2, 0.25) is 0 Å². The molecule has 5 heteroatoms. The maximum Gasteiger partial charge on any atom is 0.188 e. The second-order valence-corrected chi connectivity index (χ2v) is 5.47. The number of hydrogen-bond donors (Lipinski definition) is 1. The summed E-state index contributed by atoms with van der Waals surface area (Å²) in [4.78, 5) is 4.28. The van der Waals surface area contributed by atoms with Gasteiger partial charge >= 0.3 is 0 Å². The van der Waals surface area contributed by atoms with Crippen molar-refractivity contribution in [3.8, 4) is 22.9 Å². The maximum atomic E-state index is 9.47. The van der Waals surface area contributed by atoms with Gasteiger partial charge < -0.3 is 15.2 Å². The van der Waals surface area contributed by atoms with Gasteiger partial charge in [0.15, 0.2) is 6.79 Å². The van der Waals surface area contributed by atoms with Gasteiger partial charge in [-0.3, -0.25) is 0 Å². The zero-order chi connectivity index (χ0) is 17.1. The van der Waals surface area contributed by atoms with E-state index in [4.69, 9.17) is 15.2 Å². The van der Waals surface area contributed by atoms with Crippen molar-refractivity contribution in [1.82, 2.24) is 4.98 Å². The number of nitriles is 1. The van der Waals surface area contributed by atoms with E-state index in [0.717, 1.165) is 22.1 Å². The highest BCUT2D eigenvalue weighted by atomic mass is 16.7. The van der Waals surface area contributed by atoms with Crippen LogP contribution in [0.5, 0.6) is 5.75 Å². The van der Waals surface area contributed by atoms with E-state index in [1.165, 1.54) is 0 Å². The Hall–Kier alpha value is -3.10. The molecule has 2 N–H and O–H groups in total. The molecule has 0 radical (unpaired) electrons. The van der Waals surface area contributed by atoms with Crippen LogP contribution in [0.25, 0.3) is 22.0 Å². The van der Waals surface area contributed by atoms with Crippen LogP contribution < -0.4 is 10.5 Å². The summed E-state index contributed by atoms with van der Waals surface area (Å²) in [5, 5.41) is 10.3. The van der Waals surface area contributed by atoms with Crippen LogP contribution in [0.1, 0.15) is 11.1 Å². The summed E-state index contributed by atoms with van der Waals surface area (Å²) in [6.45, 7) is 2.21. The van der Waals surface area contributed by atoms with Gasteiger partial charge in [-0.25, -0.2) is 4.98 Å². The average molecular weight is 319 g/mol. The molecule has 0 bridgehead atoms. The summed E-state index contributed by atoms with van der Waals surface area (Å²) >= 11 is 0. The van der Waals surface area contributed by atoms with E-state index in [1.807, 2.05) is 43.3 Å². The van der Waals surface area contributed by atoms with Crippen LogP contribution in [0, 0.1) is 18.3 Å². The van der Waals surface area contributed by atoms with Crippen LogP contribution in [-0.4, -0.2) is 18.9 Å². The number of anilines is 1. The third kappa shape index (κ3) is 3.00. The second-order valence-electron chi connectivity index (χ2n) is 5.47. The van der Waals surface area contributed by atoms with Crippen molar-refractivity contribution in [3.63, 3.8) is 0 Å². The molecule has 1 aromatic heterocycles. The molecule has 0 saturated carbocycles. The molecule has 0 aliphatic rings. The fourth-order valence-electron chi connectivity index (χ4n) is 2.62. The van der Waals surface area contributed by atoms with Crippen LogP contribution in [0.2, 0.25) is 0 Å². The van der Waals surface area contributed by atoms with Crippen molar-refractivity contribution in [2.75, 3.05) is 19.6 Å². The predicted octanol–water partition coefficient (Wildman–Crippen LogP) is 3.65. The van der Waals surface area contributed by atoms with Gasteiger partial charge in [0.1, 0.15) is 17.6 Å². The molecule has 0 aliphatic carbocycles. The number of methoxy groups -OCH3 is 1. The number of pyridine rings is 1. The normalized spacial score (nSPS) is 10.5. The zero-order valence-corrected chi connectivity index (χ0v) is 13.5. The Balaban J connectivity index is 2.16. The number of fused-ring (bicyclic) bond motifs is 1. The second kappa shape index (κ2) is 6.57. The van der Waals surface area contributed by atoms with Crippen LogP contribution >= 0.6 is 0 Å². The number of rotatable bonds is 4. The van der Waals surface area contributed by atoms with E-state index >= 15 is 0 Å². The summed E-state index contributed by atoms with van der Waals surface area (Å²) in [5.41, 5.74) is 9.88. The monoisotopic (exact) mass is 319 g/mol. The average Bonchev–Trinajstić information content (AvgIpc) is 2.60. The molecule has 0 amide bonds. The standard InChI is InChI=1S/C19H17N3O2/c1-12-3-5-16(24-11-23-2)9-17(12)14-7-13-4-6-18(21)22-19(13)15(8-14)10-20/h3-9H,11H2,1-2H3,(H2,21,22). The molecule has 0 spiro atoms. The molecule has 1 heterocycles. The fraction of sp³-hybridized carbons (Fsp3) is 0.158. The Morgan fingerprint density at radius 2 is 2.00 bits per heavy atom. The first-order valence-electron chi connectivity index (χ1n) is 7.45. The smallest absolute Gasteiger partial charge is 0.188 e. The van der Waals surface area contributed by atoms with Crippen molar-refractivity contribution >= 4 is 16.7 Å². The van der Waals surface area contributed by atoms with Crippen molar-refractivity contribution in [3.05, 3.63) is 53.6 Å². The number of aromatic nitrogens is 1. The molecule has 3 aromatic rings. The van der Waals surface area contributed by atoms with Gasteiger partial charge in [0.25, 0.3) is 0 Å².